The summed E-state index contributed by atoms with van der Waals surface area (Å²) in [6.07, 6.45) is -4.44. The Morgan fingerprint density at radius 2 is 1.19 bits per heavy atom. The fraction of sp³-hybridized carbons (Fsp3) is 0.167. The molecule has 0 spiro atoms. The van der Waals surface area contributed by atoms with Crippen LogP contribution in [0.4, 0.5) is 13.2 Å². The van der Waals surface area contributed by atoms with Crippen LogP contribution in [0.2, 0.25) is 0 Å². The molecule has 0 aliphatic heterocycles. The Labute approximate surface area is 253 Å². The molecule has 0 amide bonds. The van der Waals surface area contributed by atoms with Crippen LogP contribution in [0, 0.1) is 34.6 Å². The van der Waals surface area contributed by atoms with E-state index in [1.165, 1.54) is 42.2 Å². The van der Waals surface area contributed by atoms with Crippen molar-refractivity contribution in [3.8, 4) is 10.4 Å². The highest BCUT2D eigenvalue weighted by Gasteiger charge is 2.31. The van der Waals surface area contributed by atoms with Crippen molar-refractivity contribution in [3.05, 3.63) is 93.4 Å². The summed E-state index contributed by atoms with van der Waals surface area (Å²) in [5.74, 6) is 0. The lowest BCUT2D eigenvalue weighted by atomic mass is 9.96. The smallest absolute Gasteiger partial charge is 0.244 e. The van der Waals surface area contributed by atoms with Crippen molar-refractivity contribution in [1.29, 1.82) is 0 Å². The average Bonchev–Trinajstić information content (AvgIpc) is 3.60. The lowest BCUT2D eigenvalue weighted by molar-refractivity contribution is -0.137. The van der Waals surface area contributed by atoms with Crippen molar-refractivity contribution < 1.29 is 13.2 Å². The molecule has 0 aliphatic carbocycles. The van der Waals surface area contributed by atoms with Gasteiger partial charge in [0.1, 0.15) is 0 Å². The van der Waals surface area contributed by atoms with Crippen LogP contribution in [0.1, 0.15) is 32.7 Å². The van der Waals surface area contributed by atoms with E-state index in [1.54, 1.807) is 17.4 Å². The maximum absolute atomic E-state index is 13.8. The number of hydrogen-bond acceptors (Lipinski definition) is 4. The largest absolute Gasteiger partial charge is 0.416 e. The number of fused-ring (bicyclic) bond motifs is 9. The summed E-state index contributed by atoms with van der Waals surface area (Å²) in [5, 5.41) is 5.32. The molecule has 7 heteroatoms. The molecule has 0 atom stereocenters. The van der Waals surface area contributed by atoms with E-state index in [0.717, 1.165) is 49.4 Å². The number of aryl methyl sites for hydroxylation is 5. The van der Waals surface area contributed by atoms with Crippen molar-refractivity contribution in [2.45, 2.75) is 40.8 Å². The van der Waals surface area contributed by atoms with Gasteiger partial charge in [-0.1, -0.05) is 42.0 Å². The fourth-order valence-electron chi connectivity index (χ4n) is 6.47. The van der Waals surface area contributed by atoms with Gasteiger partial charge < -0.3 is 0 Å². The second-order valence-electron chi connectivity index (χ2n) is 11.6. The SMILES string of the molecule is Cc1ccc2c(c1)c1cc(C(F)(F)F)ccc1c1nc3c(-c4cc5c(C)c6sc(C)cc6c(C)c5s4)ccc(C)c3nc21. The number of hydrogen-bond donors (Lipinski definition) is 0. The highest BCUT2D eigenvalue weighted by atomic mass is 32.1. The van der Waals surface area contributed by atoms with E-state index in [1.807, 2.05) is 43.4 Å². The van der Waals surface area contributed by atoms with Crippen LogP contribution < -0.4 is 0 Å². The van der Waals surface area contributed by atoms with E-state index in [0.29, 0.717) is 21.8 Å². The van der Waals surface area contributed by atoms with Gasteiger partial charge in [-0.05, 0) is 97.1 Å². The van der Waals surface area contributed by atoms with Crippen molar-refractivity contribution in [3.63, 3.8) is 0 Å². The Bertz CT molecular complexity index is 2440. The molecule has 0 unspecified atom stereocenters. The van der Waals surface area contributed by atoms with Crippen LogP contribution in [0.25, 0.3) is 74.2 Å². The van der Waals surface area contributed by atoms with Crippen LogP contribution in [0.5, 0.6) is 0 Å². The predicted octanol–water partition coefficient (Wildman–Crippen LogP) is 11.7. The molecular weight excluding hydrogens is 582 g/mol. The first-order valence-corrected chi connectivity index (χ1v) is 15.7. The number of nitrogens with zero attached hydrogens (tertiary/aromatic N) is 2. The van der Waals surface area contributed by atoms with E-state index in [-0.39, 0.29) is 0 Å². The van der Waals surface area contributed by atoms with Crippen molar-refractivity contribution >= 4 is 86.5 Å². The Morgan fingerprint density at radius 1 is 0.558 bits per heavy atom. The van der Waals surface area contributed by atoms with Gasteiger partial charge in [-0.3, -0.25) is 0 Å². The van der Waals surface area contributed by atoms with Crippen LogP contribution in [-0.4, -0.2) is 9.97 Å². The minimum absolute atomic E-state index is 0.535. The zero-order valence-electron chi connectivity index (χ0n) is 24.1. The molecular formula is C36H25F3N2S2. The summed E-state index contributed by atoms with van der Waals surface area (Å²) >= 11 is 3.60. The van der Waals surface area contributed by atoms with E-state index in [4.69, 9.17) is 9.97 Å². The second-order valence-corrected chi connectivity index (χ2v) is 13.9. The van der Waals surface area contributed by atoms with E-state index in [2.05, 4.69) is 45.0 Å². The Balaban J connectivity index is 1.48. The number of aromatic nitrogens is 2. The van der Waals surface area contributed by atoms with Crippen LogP contribution in [-0.2, 0) is 6.18 Å². The topological polar surface area (TPSA) is 25.8 Å². The van der Waals surface area contributed by atoms with E-state index < -0.39 is 11.7 Å². The maximum atomic E-state index is 13.8. The molecule has 0 saturated heterocycles. The summed E-state index contributed by atoms with van der Waals surface area (Å²) in [6, 6.07) is 18.6. The molecule has 8 rings (SSSR count). The number of rotatable bonds is 1. The number of halogens is 3. The normalized spacial score (nSPS) is 12.7. The Hall–Kier alpha value is -4.07. The Kier molecular flexibility index (Phi) is 5.54. The number of thiophene rings is 2. The third-order valence-corrected chi connectivity index (χ3v) is 11.1. The summed E-state index contributed by atoms with van der Waals surface area (Å²) in [4.78, 5) is 12.9. The molecule has 5 aromatic carbocycles. The molecule has 0 aliphatic rings. The molecule has 3 heterocycles. The van der Waals surface area contributed by atoms with Gasteiger partial charge in [-0.25, -0.2) is 9.97 Å². The molecule has 0 fully saturated rings. The lowest BCUT2D eigenvalue weighted by Gasteiger charge is -2.15. The van der Waals surface area contributed by atoms with Crippen molar-refractivity contribution in [2.24, 2.45) is 0 Å². The molecule has 0 N–H and O–H groups in total. The Morgan fingerprint density at radius 3 is 1.91 bits per heavy atom. The minimum atomic E-state index is -4.44. The summed E-state index contributed by atoms with van der Waals surface area (Å²) in [5.41, 5.74) is 7.76. The predicted molar refractivity (Wildman–Crippen MR) is 177 cm³/mol. The van der Waals surface area contributed by atoms with Crippen LogP contribution >= 0.6 is 22.7 Å². The van der Waals surface area contributed by atoms with Gasteiger partial charge in [0.25, 0.3) is 0 Å². The third-order valence-electron chi connectivity index (χ3n) is 8.69. The quantitative estimate of drug-likeness (QED) is 0.137. The highest BCUT2D eigenvalue weighted by Crippen LogP contribution is 2.45. The average molecular weight is 607 g/mol. The summed E-state index contributed by atoms with van der Waals surface area (Å²) in [6.45, 7) is 10.5. The lowest BCUT2D eigenvalue weighted by Crippen LogP contribution is -2.04. The molecule has 0 bridgehead atoms. The molecule has 212 valence electrons. The first-order chi connectivity index (χ1) is 20.5. The first-order valence-electron chi connectivity index (χ1n) is 14.1. The maximum Gasteiger partial charge on any atom is 0.416 e. The van der Waals surface area contributed by atoms with Gasteiger partial charge in [0.2, 0.25) is 0 Å². The molecule has 8 aromatic rings. The van der Waals surface area contributed by atoms with E-state index >= 15 is 0 Å². The minimum Gasteiger partial charge on any atom is -0.244 e. The van der Waals surface area contributed by atoms with Crippen LogP contribution in [0.3, 0.4) is 0 Å². The zero-order valence-corrected chi connectivity index (χ0v) is 25.8. The molecule has 43 heavy (non-hydrogen) atoms. The monoisotopic (exact) mass is 606 g/mol. The number of alkyl halides is 3. The fourth-order valence-corrected chi connectivity index (χ4v) is 8.81. The van der Waals surface area contributed by atoms with Gasteiger partial charge >= 0.3 is 6.18 Å². The van der Waals surface area contributed by atoms with Gasteiger partial charge in [-0.2, -0.15) is 13.2 Å². The van der Waals surface area contributed by atoms with Gasteiger partial charge in [-0.15, -0.1) is 22.7 Å². The number of benzene rings is 5. The first kappa shape index (κ1) is 26.5. The van der Waals surface area contributed by atoms with Gasteiger partial charge in [0.15, 0.2) is 0 Å². The summed E-state index contributed by atoms with van der Waals surface area (Å²) in [7, 11) is 0. The molecule has 0 radical (unpaired) electrons. The van der Waals surface area contributed by atoms with Crippen molar-refractivity contribution in [2.75, 3.05) is 0 Å². The molecule has 3 aromatic heterocycles. The standard InChI is InChI=1S/C36H25F3N2S2/c1-16-6-9-22-27(12-16)28-14-21(36(37,38)39)8-11-23(28)32-31(22)40-30-17(2)7-10-24(33(30)41-32)29-15-26-20(5)34-25(13-18(3)42-34)19(4)35(26)43-29/h6-15H,1-5H3. The van der Waals surface area contributed by atoms with Gasteiger partial charge in [0.05, 0.1) is 27.6 Å². The van der Waals surface area contributed by atoms with Gasteiger partial charge in [0, 0.05) is 35.5 Å². The zero-order chi connectivity index (χ0) is 29.9. The highest BCUT2D eigenvalue weighted by molar-refractivity contribution is 7.23. The second kappa shape index (κ2) is 8.97. The van der Waals surface area contributed by atoms with Crippen LogP contribution in [0.15, 0.2) is 60.7 Å². The summed E-state index contributed by atoms with van der Waals surface area (Å²) < 4.78 is 44.0. The third kappa shape index (κ3) is 3.84. The van der Waals surface area contributed by atoms with E-state index in [9.17, 15) is 13.2 Å². The molecule has 0 saturated carbocycles. The molecule has 2 nitrogen and oxygen atoms in total. The van der Waals surface area contributed by atoms with Crippen molar-refractivity contribution in [1.82, 2.24) is 9.97 Å².